The Morgan fingerprint density at radius 2 is 1.74 bits per heavy atom. The molecule has 4 rings (SSSR count). The summed E-state index contributed by atoms with van der Waals surface area (Å²) in [6, 6.07) is 18.5. The van der Waals surface area contributed by atoms with E-state index < -0.39 is 0 Å². The van der Waals surface area contributed by atoms with Gasteiger partial charge in [0.05, 0.1) is 22.3 Å². The average molecular weight is 414 g/mol. The van der Waals surface area contributed by atoms with Crippen molar-refractivity contribution in [1.29, 1.82) is 0 Å². The molecule has 2 aromatic heterocycles. The molecule has 2 heterocycles. The second kappa shape index (κ2) is 8.39. The summed E-state index contributed by atoms with van der Waals surface area (Å²) in [4.78, 5) is 31.1. The summed E-state index contributed by atoms with van der Waals surface area (Å²) < 4.78 is 5.34. The first-order valence-electron chi connectivity index (χ1n) is 9.85. The molecule has 0 aliphatic carbocycles. The molecule has 0 fully saturated rings. The van der Waals surface area contributed by atoms with Crippen LogP contribution in [0.4, 0.5) is 0 Å². The van der Waals surface area contributed by atoms with Crippen LogP contribution in [0.15, 0.2) is 65.2 Å². The molecule has 0 aliphatic heterocycles. The number of carbonyl (C=O) groups is 2. The Morgan fingerprint density at radius 1 is 1.03 bits per heavy atom. The van der Waals surface area contributed by atoms with Gasteiger partial charge >= 0.3 is 0 Å². The molecule has 0 spiro atoms. The van der Waals surface area contributed by atoms with Gasteiger partial charge in [0.15, 0.2) is 0 Å². The standard InChI is InChI=1S/C24H22N4O3/c1-15-21-19(13-20(26-23(21)31-27-15)17-7-5-4-6-8-17)22(29)25-14-16-9-11-18(12-10-16)24(30)28(2)3/h4-13H,14H2,1-3H3,(H,25,29). The molecular formula is C24H22N4O3. The van der Waals surface area contributed by atoms with Crippen LogP contribution in [-0.4, -0.2) is 41.0 Å². The molecule has 31 heavy (non-hydrogen) atoms. The number of fused-ring (bicyclic) bond motifs is 1. The highest BCUT2D eigenvalue weighted by Gasteiger charge is 2.19. The molecule has 0 bridgehead atoms. The van der Waals surface area contributed by atoms with Gasteiger partial charge in [0.2, 0.25) is 0 Å². The lowest BCUT2D eigenvalue weighted by Crippen LogP contribution is -2.24. The van der Waals surface area contributed by atoms with E-state index in [2.05, 4.69) is 15.5 Å². The van der Waals surface area contributed by atoms with E-state index in [1.807, 2.05) is 42.5 Å². The zero-order valence-electron chi connectivity index (χ0n) is 17.5. The number of aromatic nitrogens is 2. The van der Waals surface area contributed by atoms with Crippen LogP contribution < -0.4 is 5.32 Å². The Kier molecular flexibility index (Phi) is 5.49. The van der Waals surface area contributed by atoms with Crippen molar-refractivity contribution in [3.8, 4) is 11.3 Å². The van der Waals surface area contributed by atoms with E-state index in [1.165, 1.54) is 4.90 Å². The Bertz CT molecular complexity index is 1250. The Balaban J connectivity index is 1.59. The number of amides is 2. The van der Waals surface area contributed by atoms with Gasteiger partial charge < -0.3 is 14.7 Å². The van der Waals surface area contributed by atoms with Crippen molar-refractivity contribution in [2.24, 2.45) is 0 Å². The molecule has 4 aromatic rings. The van der Waals surface area contributed by atoms with Gasteiger partial charge in [-0.05, 0) is 30.7 Å². The number of aryl methyl sites for hydroxylation is 1. The third-order valence-corrected chi connectivity index (χ3v) is 4.99. The first kappa shape index (κ1) is 20.3. The fourth-order valence-corrected chi connectivity index (χ4v) is 3.33. The third-order valence-electron chi connectivity index (χ3n) is 4.99. The van der Waals surface area contributed by atoms with E-state index in [1.54, 1.807) is 39.2 Å². The fraction of sp³-hybridized carbons (Fsp3) is 0.167. The SMILES string of the molecule is Cc1noc2nc(-c3ccccc3)cc(C(=O)NCc3ccc(C(=O)N(C)C)cc3)c12. The average Bonchev–Trinajstić information content (AvgIpc) is 3.18. The van der Waals surface area contributed by atoms with Gasteiger partial charge in [-0.3, -0.25) is 9.59 Å². The predicted molar refractivity (Wildman–Crippen MR) is 118 cm³/mol. The lowest BCUT2D eigenvalue weighted by atomic mass is 10.0. The van der Waals surface area contributed by atoms with Crippen molar-refractivity contribution in [3.05, 3.63) is 83.0 Å². The van der Waals surface area contributed by atoms with Crippen LogP contribution in [0.25, 0.3) is 22.4 Å². The molecule has 0 radical (unpaired) electrons. The number of carbonyl (C=O) groups excluding carboxylic acids is 2. The van der Waals surface area contributed by atoms with E-state index in [-0.39, 0.29) is 11.8 Å². The maximum atomic E-state index is 13.1. The number of hydrogen-bond donors (Lipinski definition) is 1. The predicted octanol–water partition coefficient (Wildman–Crippen LogP) is 3.83. The molecule has 0 unspecified atom stereocenters. The first-order valence-corrected chi connectivity index (χ1v) is 9.85. The van der Waals surface area contributed by atoms with E-state index in [0.717, 1.165) is 11.1 Å². The molecule has 7 heteroatoms. The number of hydrogen-bond acceptors (Lipinski definition) is 5. The number of rotatable bonds is 5. The van der Waals surface area contributed by atoms with Crippen molar-refractivity contribution in [3.63, 3.8) is 0 Å². The summed E-state index contributed by atoms with van der Waals surface area (Å²) in [6.07, 6.45) is 0. The van der Waals surface area contributed by atoms with Crippen LogP contribution in [0.3, 0.4) is 0 Å². The van der Waals surface area contributed by atoms with Crippen molar-refractivity contribution >= 4 is 22.9 Å². The zero-order chi connectivity index (χ0) is 22.0. The Morgan fingerprint density at radius 3 is 2.42 bits per heavy atom. The molecule has 0 atom stereocenters. The highest BCUT2D eigenvalue weighted by molar-refractivity contribution is 6.07. The topological polar surface area (TPSA) is 88.3 Å². The van der Waals surface area contributed by atoms with Crippen molar-refractivity contribution < 1.29 is 14.1 Å². The van der Waals surface area contributed by atoms with Gasteiger partial charge in [0.25, 0.3) is 17.5 Å². The van der Waals surface area contributed by atoms with E-state index >= 15 is 0 Å². The lowest BCUT2D eigenvalue weighted by molar-refractivity contribution is 0.0827. The number of benzene rings is 2. The molecule has 2 aromatic carbocycles. The molecule has 0 saturated carbocycles. The maximum Gasteiger partial charge on any atom is 0.259 e. The molecule has 0 saturated heterocycles. The smallest absolute Gasteiger partial charge is 0.259 e. The summed E-state index contributed by atoms with van der Waals surface area (Å²) in [5.41, 5.74) is 4.41. The highest BCUT2D eigenvalue weighted by atomic mass is 16.5. The quantitative estimate of drug-likeness (QED) is 0.536. The monoisotopic (exact) mass is 414 g/mol. The summed E-state index contributed by atoms with van der Waals surface area (Å²) >= 11 is 0. The van der Waals surface area contributed by atoms with Crippen LogP contribution in [0.1, 0.15) is 32.0 Å². The second-order valence-electron chi connectivity index (χ2n) is 7.45. The first-order chi connectivity index (χ1) is 14.9. The molecule has 7 nitrogen and oxygen atoms in total. The van der Waals surface area contributed by atoms with Crippen LogP contribution in [-0.2, 0) is 6.54 Å². The van der Waals surface area contributed by atoms with Gasteiger partial charge in [0, 0.05) is 31.8 Å². The molecule has 156 valence electrons. The third kappa shape index (κ3) is 4.16. The minimum atomic E-state index is -0.246. The number of nitrogens with zero attached hydrogens (tertiary/aromatic N) is 3. The van der Waals surface area contributed by atoms with E-state index in [4.69, 9.17) is 4.52 Å². The minimum Gasteiger partial charge on any atom is -0.348 e. The van der Waals surface area contributed by atoms with Crippen LogP contribution in [0.5, 0.6) is 0 Å². The summed E-state index contributed by atoms with van der Waals surface area (Å²) in [5.74, 6) is -0.310. The van der Waals surface area contributed by atoms with Crippen molar-refractivity contribution in [2.45, 2.75) is 13.5 Å². The summed E-state index contributed by atoms with van der Waals surface area (Å²) in [6.45, 7) is 2.11. The zero-order valence-corrected chi connectivity index (χ0v) is 17.5. The summed E-state index contributed by atoms with van der Waals surface area (Å²) in [5, 5.41) is 7.52. The lowest BCUT2D eigenvalue weighted by Gasteiger charge is -2.11. The largest absolute Gasteiger partial charge is 0.348 e. The number of pyridine rings is 1. The number of nitrogens with one attached hydrogen (secondary N) is 1. The molecule has 2 amide bonds. The van der Waals surface area contributed by atoms with Crippen molar-refractivity contribution in [2.75, 3.05) is 14.1 Å². The molecule has 0 aliphatic rings. The van der Waals surface area contributed by atoms with Gasteiger partial charge in [0.1, 0.15) is 0 Å². The van der Waals surface area contributed by atoms with Crippen molar-refractivity contribution in [1.82, 2.24) is 20.4 Å². The van der Waals surface area contributed by atoms with Crippen LogP contribution in [0.2, 0.25) is 0 Å². The van der Waals surface area contributed by atoms with Crippen LogP contribution in [0, 0.1) is 6.92 Å². The van der Waals surface area contributed by atoms with E-state index in [0.29, 0.717) is 40.2 Å². The normalized spacial score (nSPS) is 10.8. The van der Waals surface area contributed by atoms with E-state index in [9.17, 15) is 9.59 Å². The minimum absolute atomic E-state index is 0.0638. The van der Waals surface area contributed by atoms with Gasteiger partial charge in [-0.2, -0.15) is 0 Å². The summed E-state index contributed by atoms with van der Waals surface area (Å²) in [7, 11) is 3.42. The highest BCUT2D eigenvalue weighted by Crippen LogP contribution is 2.27. The molecular weight excluding hydrogens is 392 g/mol. The van der Waals surface area contributed by atoms with Gasteiger partial charge in [-0.25, -0.2) is 4.98 Å². The molecule has 1 N–H and O–H groups in total. The van der Waals surface area contributed by atoms with Gasteiger partial charge in [-0.1, -0.05) is 47.6 Å². The second-order valence-corrected chi connectivity index (χ2v) is 7.45. The Hall–Kier alpha value is -4.00. The van der Waals surface area contributed by atoms with Gasteiger partial charge in [-0.15, -0.1) is 0 Å². The Labute approximate surface area is 179 Å². The van der Waals surface area contributed by atoms with Crippen LogP contribution >= 0.6 is 0 Å². The fourth-order valence-electron chi connectivity index (χ4n) is 3.33. The maximum absolute atomic E-state index is 13.1.